The highest BCUT2D eigenvalue weighted by Gasteiger charge is 2.23. The summed E-state index contributed by atoms with van der Waals surface area (Å²) in [7, 11) is 0. The zero-order valence-electron chi connectivity index (χ0n) is 13.5. The van der Waals surface area contributed by atoms with Gasteiger partial charge in [0.05, 0.1) is 0 Å². The Morgan fingerprint density at radius 2 is 1.92 bits per heavy atom. The molecule has 0 aliphatic heterocycles. The third-order valence-electron chi connectivity index (χ3n) is 3.50. The molecule has 0 aliphatic rings. The molecule has 0 aliphatic carbocycles. The average molecular weight is 352 g/mol. The van der Waals surface area contributed by atoms with Crippen LogP contribution in [-0.2, 0) is 4.79 Å². The topological polar surface area (TPSA) is 87.7 Å². The zero-order valence-corrected chi connectivity index (χ0v) is 14.3. The van der Waals surface area contributed by atoms with Crippen molar-refractivity contribution in [1.82, 2.24) is 15.2 Å². The third-order valence-corrected chi connectivity index (χ3v) is 4.64. The summed E-state index contributed by atoms with van der Waals surface area (Å²) in [6.45, 7) is 1.49. The number of rotatable bonds is 6. The van der Waals surface area contributed by atoms with Gasteiger partial charge in [-0.15, -0.1) is 0 Å². The predicted octanol–water partition coefficient (Wildman–Crippen LogP) is 3.48. The molecule has 7 heteroatoms. The van der Waals surface area contributed by atoms with E-state index in [-0.39, 0.29) is 11.7 Å². The molecule has 2 aromatic carbocycles. The van der Waals surface area contributed by atoms with Crippen molar-refractivity contribution >= 4 is 29.1 Å². The van der Waals surface area contributed by atoms with Crippen LogP contribution in [-0.4, -0.2) is 26.9 Å². The fraction of sp³-hybridized carbons (Fsp3) is 0.111. The molecule has 2 N–H and O–H groups in total. The first-order valence-corrected chi connectivity index (χ1v) is 8.50. The van der Waals surface area contributed by atoms with Crippen LogP contribution < -0.4 is 5.32 Å². The summed E-state index contributed by atoms with van der Waals surface area (Å²) in [5, 5.41) is 9.50. The van der Waals surface area contributed by atoms with Crippen LogP contribution in [0, 0.1) is 0 Å². The molecular formula is C18H16N4O2S. The van der Waals surface area contributed by atoms with E-state index >= 15 is 0 Å². The molecule has 0 fully saturated rings. The number of carbonyl (C=O) groups excluding carboxylic acids is 2. The standard InChI is InChI=1S/C18H16N4O2S/c1-12(23)14-8-5-9-15(10-14)21-17(24)16(13-6-3-2-4-7-13)25-18-19-11-20-22-18/h2-11,16H,1H3,(H,21,24)(H,19,20,22)/t16-/m1/s1. The van der Waals surface area contributed by atoms with E-state index in [9.17, 15) is 9.59 Å². The van der Waals surface area contributed by atoms with Crippen molar-refractivity contribution in [3.8, 4) is 0 Å². The molecule has 3 rings (SSSR count). The Hall–Kier alpha value is -2.93. The first-order chi connectivity index (χ1) is 12.1. The number of benzene rings is 2. The molecule has 126 valence electrons. The lowest BCUT2D eigenvalue weighted by molar-refractivity contribution is -0.115. The monoisotopic (exact) mass is 352 g/mol. The minimum atomic E-state index is -0.505. The Morgan fingerprint density at radius 3 is 2.60 bits per heavy atom. The fourth-order valence-electron chi connectivity index (χ4n) is 2.29. The molecular weight excluding hydrogens is 336 g/mol. The van der Waals surface area contributed by atoms with Crippen molar-refractivity contribution in [2.24, 2.45) is 0 Å². The number of anilines is 1. The molecule has 0 radical (unpaired) electrons. The Bertz CT molecular complexity index is 866. The van der Waals surface area contributed by atoms with Crippen molar-refractivity contribution in [2.75, 3.05) is 5.32 Å². The molecule has 0 spiro atoms. The van der Waals surface area contributed by atoms with Crippen molar-refractivity contribution in [2.45, 2.75) is 17.3 Å². The van der Waals surface area contributed by atoms with E-state index in [0.29, 0.717) is 16.4 Å². The number of aromatic nitrogens is 3. The van der Waals surface area contributed by atoms with Gasteiger partial charge in [-0.2, -0.15) is 5.10 Å². The summed E-state index contributed by atoms with van der Waals surface area (Å²) in [6, 6.07) is 16.3. The summed E-state index contributed by atoms with van der Waals surface area (Å²) in [5.41, 5.74) is 1.98. The SMILES string of the molecule is CC(=O)c1cccc(NC(=O)[C@H](Sc2ncn[nH]2)c2ccccc2)c1. The second kappa shape index (κ2) is 7.76. The van der Waals surface area contributed by atoms with Gasteiger partial charge in [-0.05, 0) is 24.6 Å². The van der Waals surface area contributed by atoms with E-state index in [1.807, 2.05) is 30.3 Å². The van der Waals surface area contributed by atoms with E-state index in [1.54, 1.807) is 24.3 Å². The van der Waals surface area contributed by atoms with Gasteiger partial charge in [-0.1, -0.05) is 54.2 Å². The van der Waals surface area contributed by atoms with Crippen molar-refractivity contribution in [3.63, 3.8) is 0 Å². The molecule has 0 unspecified atom stereocenters. The van der Waals surface area contributed by atoms with Crippen molar-refractivity contribution in [3.05, 3.63) is 72.1 Å². The average Bonchev–Trinajstić information content (AvgIpc) is 3.14. The van der Waals surface area contributed by atoms with Crippen LogP contribution >= 0.6 is 11.8 Å². The molecule has 25 heavy (non-hydrogen) atoms. The molecule has 1 amide bonds. The molecule has 3 aromatic rings. The molecule has 0 bridgehead atoms. The van der Waals surface area contributed by atoms with Crippen LogP contribution in [0.2, 0.25) is 0 Å². The molecule has 0 saturated carbocycles. The summed E-state index contributed by atoms with van der Waals surface area (Å²) in [5.74, 6) is -0.250. The number of Topliss-reactive ketones (excluding diaryl/α,β-unsaturated/α-hetero) is 1. The molecule has 6 nitrogen and oxygen atoms in total. The lowest BCUT2D eigenvalue weighted by atomic mass is 10.1. The largest absolute Gasteiger partial charge is 0.325 e. The molecule has 0 saturated heterocycles. The van der Waals surface area contributed by atoms with Gasteiger partial charge in [0.2, 0.25) is 5.91 Å². The number of hydrogen-bond donors (Lipinski definition) is 2. The highest BCUT2D eigenvalue weighted by molar-refractivity contribution is 8.00. The van der Waals surface area contributed by atoms with Gasteiger partial charge >= 0.3 is 0 Å². The molecule has 1 atom stereocenters. The van der Waals surface area contributed by atoms with Gasteiger partial charge in [-0.25, -0.2) is 4.98 Å². The number of hydrogen-bond acceptors (Lipinski definition) is 5. The number of H-pyrrole nitrogens is 1. The highest BCUT2D eigenvalue weighted by Crippen LogP contribution is 2.34. The number of carbonyl (C=O) groups is 2. The number of thioether (sulfide) groups is 1. The first kappa shape index (κ1) is 16.9. The van der Waals surface area contributed by atoms with Gasteiger partial charge in [0.1, 0.15) is 11.6 Å². The lowest BCUT2D eigenvalue weighted by Crippen LogP contribution is -2.19. The highest BCUT2D eigenvalue weighted by atomic mass is 32.2. The maximum atomic E-state index is 12.8. The van der Waals surface area contributed by atoms with E-state index < -0.39 is 5.25 Å². The van der Waals surface area contributed by atoms with Crippen LogP contribution in [0.1, 0.15) is 28.1 Å². The normalized spacial score (nSPS) is 11.7. The van der Waals surface area contributed by atoms with Crippen molar-refractivity contribution in [1.29, 1.82) is 0 Å². The Kier molecular flexibility index (Phi) is 5.25. The third kappa shape index (κ3) is 4.33. The maximum Gasteiger partial charge on any atom is 0.242 e. The van der Waals surface area contributed by atoms with E-state index in [4.69, 9.17) is 0 Å². The number of nitrogens with zero attached hydrogens (tertiary/aromatic N) is 2. The smallest absolute Gasteiger partial charge is 0.242 e. The Morgan fingerprint density at radius 1 is 1.12 bits per heavy atom. The Balaban J connectivity index is 1.84. The number of amides is 1. The van der Waals surface area contributed by atoms with E-state index in [0.717, 1.165) is 5.56 Å². The summed E-state index contributed by atoms with van der Waals surface area (Å²) >= 11 is 1.28. The minimum Gasteiger partial charge on any atom is -0.325 e. The predicted molar refractivity (Wildman–Crippen MR) is 96.5 cm³/mol. The van der Waals surface area contributed by atoms with Crippen LogP contribution in [0.15, 0.2) is 66.1 Å². The number of nitrogens with one attached hydrogen (secondary N) is 2. The summed E-state index contributed by atoms with van der Waals surface area (Å²) < 4.78 is 0. The van der Waals surface area contributed by atoms with Gasteiger partial charge in [-0.3, -0.25) is 14.7 Å². The van der Waals surface area contributed by atoms with Crippen LogP contribution in [0.3, 0.4) is 0 Å². The summed E-state index contributed by atoms with van der Waals surface area (Å²) in [4.78, 5) is 28.4. The zero-order chi connectivity index (χ0) is 17.6. The fourth-order valence-corrected chi connectivity index (χ4v) is 3.18. The van der Waals surface area contributed by atoms with E-state index in [2.05, 4.69) is 20.5 Å². The van der Waals surface area contributed by atoms with E-state index in [1.165, 1.54) is 25.0 Å². The van der Waals surface area contributed by atoms with Crippen molar-refractivity contribution < 1.29 is 9.59 Å². The van der Waals surface area contributed by atoms with Gasteiger partial charge in [0.15, 0.2) is 10.9 Å². The molecule has 1 aromatic heterocycles. The lowest BCUT2D eigenvalue weighted by Gasteiger charge is -2.16. The van der Waals surface area contributed by atoms with Gasteiger partial charge in [0.25, 0.3) is 0 Å². The maximum absolute atomic E-state index is 12.8. The van der Waals surface area contributed by atoms with Crippen LogP contribution in [0.5, 0.6) is 0 Å². The van der Waals surface area contributed by atoms with Gasteiger partial charge in [0, 0.05) is 11.3 Å². The molecule has 1 heterocycles. The summed E-state index contributed by atoms with van der Waals surface area (Å²) in [6.07, 6.45) is 1.40. The quantitative estimate of drug-likeness (QED) is 0.524. The first-order valence-electron chi connectivity index (χ1n) is 7.62. The second-order valence-corrected chi connectivity index (χ2v) is 6.42. The number of aromatic amines is 1. The minimum absolute atomic E-state index is 0.0493. The van der Waals surface area contributed by atoms with Crippen LogP contribution in [0.4, 0.5) is 5.69 Å². The number of ketones is 1. The van der Waals surface area contributed by atoms with Crippen LogP contribution in [0.25, 0.3) is 0 Å². The second-order valence-electron chi connectivity index (χ2n) is 5.33. The van der Waals surface area contributed by atoms with Gasteiger partial charge < -0.3 is 5.32 Å². The Labute approximate surface area is 149 Å².